The first kappa shape index (κ1) is 34.3. The Morgan fingerprint density at radius 1 is 0.897 bits per heavy atom. The maximum absolute atomic E-state index is 11.1. The minimum absolute atomic E-state index is 0.212. The van der Waals surface area contributed by atoms with E-state index in [2.05, 4.69) is 20.1 Å². The summed E-state index contributed by atoms with van der Waals surface area (Å²) in [4.78, 5) is 11.1. The summed E-state index contributed by atoms with van der Waals surface area (Å²) in [5.74, 6) is 0.497. The molecule has 2 aromatic carbocycles. The molecule has 2 unspecified atom stereocenters. The number of carbonyl (C=O) groups excluding carboxylic acids is 1. The first-order chi connectivity index (χ1) is 18.3. The zero-order valence-corrected chi connectivity index (χ0v) is 24.6. The summed E-state index contributed by atoms with van der Waals surface area (Å²) in [6, 6.07) is 14.8. The lowest BCUT2D eigenvalue weighted by molar-refractivity contribution is -0.140. The molecule has 0 bridgehead atoms. The number of methoxy groups -OCH3 is 1. The lowest BCUT2D eigenvalue weighted by atomic mass is 10.1. The van der Waals surface area contributed by atoms with E-state index in [-0.39, 0.29) is 12.6 Å². The van der Waals surface area contributed by atoms with Crippen molar-refractivity contribution in [2.24, 2.45) is 0 Å². The van der Waals surface area contributed by atoms with Gasteiger partial charge in [-0.05, 0) is 41.8 Å². The van der Waals surface area contributed by atoms with Crippen molar-refractivity contribution in [1.29, 1.82) is 0 Å². The van der Waals surface area contributed by atoms with Gasteiger partial charge >= 0.3 is 5.97 Å². The standard InChI is InChI=1S/C16H25NO4.C12H20N2O3S/c1-12(2)17-10-14(18)11-21-15-7-4-13(5-8-15)6-9-16(19)20-3;1-9(2)13-8-12(15)10-4-6-11(7-5-10)14-18(3,16)17/h4-5,7-8,12,14,17-18H,6,9-11H2,1-3H3;4-7,9,12-15H,8H2,1-3H3. The Morgan fingerprint density at radius 3 is 1.97 bits per heavy atom. The van der Waals surface area contributed by atoms with Gasteiger partial charge in [0, 0.05) is 37.3 Å². The molecule has 0 amide bonds. The number of carbonyl (C=O) groups is 1. The van der Waals surface area contributed by atoms with Crippen LogP contribution in [-0.4, -0.2) is 75.8 Å². The smallest absolute Gasteiger partial charge is 0.305 e. The van der Waals surface area contributed by atoms with E-state index in [0.717, 1.165) is 17.4 Å². The fourth-order valence-corrected chi connectivity index (χ4v) is 3.74. The maximum atomic E-state index is 11.1. The van der Waals surface area contributed by atoms with Crippen LogP contribution in [0.2, 0.25) is 0 Å². The van der Waals surface area contributed by atoms with Crippen LogP contribution in [0, 0.1) is 0 Å². The van der Waals surface area contributed by atoms with Gasteiger partial charge in [-0.3, -0.25) is 9.52 Å². The fraction of sp³-hybridized carbons (Fsp3) is 0.536. The molecule has 0 radical (unpaired) electrons. The Hall–Kier alpha value is -2.70. The molecule has 39 heavy (non-hydrogen) atoms. The average Bonchev–Trinajstić information content (AvgIpc) is 2.88. The molecular formula is C28H45N3O7S. The van der Waals surface area contributed by atoms with Crippen LogP contribution < -0.4 is 20.1 Å². The average molecular weight is 568 g/mol. The van der Waals surface area contributed by atoms with E-state index < -0.39 is 22.2 Å². The molecule has 220 valence electrons. The molecule has 10 nitrogen and oxygen atoms in total. The summed E-state index contributed by atoms with van der Waals surface area (Å²) in [6.07, 6.45) is 0.984. The van der Waals surface area contributed by atoms with Crippen LogP contribution in [0.3, 0.4) is 0 Å². The van der Waals surface area contributed by atoms with Gasteiger partial charge in [0.1, 0.15) is 18.5 Å². The molecule has 0 heterocycles. The van der Waals surface area contributed by atoms with Gasteiger partial charge in [0.15, 0.2) is 0 Å². The zero-order valence-electron chi connectivity index (χ0n) is 23.8. The van der Waals surface area contributed by atoms with Crippen molar-refractivity contribution in [3.8, 4) is 5.75 Å². The molecule has 0 aliphatic heterocycles. The molecule has 11 heteroatoms. The molecule has 0 saturated heterocycles. The van der Waals surface area contributed by atoms with Crippen LogP contribution in [-0.2, 0) is 26.0 Å². The van der Waals surface area contributed by atoms with Gasteiger partial charge in [0.05, 0.1) is 19.5 Å². The van der Waals surface area contributed by atoms with E-state index >= 15 is 0 Å². The number of rotatable bonds is 15. The van der Waals surface area contributed by atoms with Gasteiger partial charge in [-0.1, -0.05) is 52.0 Å². The van der Waals surface area contributed by atoms with Crippen molar-refractivity contribution in [2.45, 2.75) is 64.8 Å². The monoisotopic (exact) mass is 567 g/mol. The molecule has 0 fully saturated rings. The number of nitrogens with one attached hydrogen (secondary N) is 3. The number of hydrogen-bond acceptors (Lipinski definition) is 9. The van der Waals surface area contributed by atoms with Crippen molar-refractivity contribution in [2.75, 3.05) is 37.8 Å². The van der Waals surface area contributed by atoms with Gasteiger partial charge in [-0.2, -0.15) is 0 Å². The highest BCUT2D eigenvalue weighted by Gasteiger charge is 2.09. The van der Waals surface area contributed by atoms with E-state index in [4.69, 9.17) is 4.74 Å². The molecule has 0 aliphatic rings. The first-order valence-corrected chi connectivity index (χ1v) is 14.9. The van der Waals surface area contributed by atoms with E-state index in [1.165, 1.54) is 7.11 Å². The summed E-state index contributed by atoms with van der Waals surface area (Å²) < 4.78 is 34.5. The molecule has 2 aromatic rings. The molecular weight excluding hydrogens is 522 g/mol. The van der Waals surface area contributed by atoms with Crippen LogP contribution in [0.25, 0.3) is 0 Å². The van der Waals surface area contributed by atoms with Crippen LogP contribution in [0.1, 0.15) is 51.3 Å². The normalized spacial score (nSPS) is 12.9. The SMILES string of the molecule is CC(C)NCC(O)c1ccc(NS(C)(=O)=O)cc1.COC(=O)CCc1ccc(OCC(O)CNC(C)C)cc1. The number of ether oxygens (including phenoxy) is 2. The van der Waals surface area contributed by atoms with E-state index in [9.17, 15) is 23.4 Å². The number of aliphatic hydroxyl groups excluding tert-OH is 2. The second kappa shape index (κ2) is 17.8. The van der Waals surface area contributed by atoms with Crippen molar-refractivity contribution < 1.29 is 32.9 Å². The van der Waals surface area contributed by atoms with E-state index in [0.29, 0.717) is 49.5 Å². The van der Waals surface area contributed by atoms with E-state index in [1.807, 2.05) is 52.0 Å². The van der Waals surface area contributed by atoms with E-state index in [1.54, 1.807) is 24.3 Å². The third kappa shape index (κ3) is 16.8. The second-order valence-electron chi connectivity index (χ2n) is 9.82. The Labute approximate surface area is 233 Å². The lowest BCUT2D eigenvalue weighted by Crippen LogP contribution is -2.35. The van der Waals surface area contributed by atoms with Gasteiger partial charge < -0.3 is 30.3 Å². The Kier molecular flexibility index (Phi) is 15.7. The fourth-order valence-electron chi connectivity index (χ4n) is 3.18. The highest BCUT2D eigenvalue weighted by molar-refractivity contribution is 7.92. The summed E-state index contributed by atoms with van der Waals surface area (Å²) in [6.45, 7) is 9.30. The third-order valence-electron chi connectivity index (χ3n) is 5.29. The van der Waals surface area contributed by atoms with Crippen molar-refractivity contribution in [1.82, 2.24) is 10.6 Å². The van der Waals surface area contributed by atoms with Crippen LogP contribution in [0.15, 0.2) is 48.5 Å². The molecule has 0 spiro atoms. The van der Waals surface area contributed by atoms with Crippen molar-refractivity contribution >= 4 is 21.7 Å². The number of aryl methyl sites for hydroxylation is 1. The molecule has 0 aliphatic carbocycles. The van der Waals surface area contributed by atoms with Gasteiger partial charge in [-0.15, -0.1) is 0 Å². The van der Waals surface area contributed by atoms with Gasteiger partial charge in [0.2, 0.25) is 10.0 Å². The predicted octanol–water partition coefficient (Wildman–Crippen LogP) is 2.62. The Morgan fingerprint density at radius 2 is 1.46 bits per heavy atom. The zero-order chi connectivity index (χ0) is 29.4. The maximum Gasteiger partial charge on any atom is 0.305 e. The highest BCUT2D eigenvalue weighted by Crippen LogP contribution is 2.17. The summed E-state index contributed by atoms with van der Waals surface area (Å²) in [5.41, 5.74) is 2.29. The van der Waals surface area contributed by atoms with Crippen molar-refractivity contribution in [3.05, 3.63) is 59.7 Å². The largest absolute Gasteiger partial charge is 0.491 e. The number of aliphatic hydroxyl groups is 2. The predicted molar refractivity (Wildman–Crippen MR) is 154 cm³/mol. The molecule has 0 saturated carbocycles. The van der Waals surface area contributed by atoms with Gasteiger partial charge in [0.25, 0.3) is 0 Å². The van der Waals surface area contributed by atoms with Crippen molar-refractivity contribution in [3.63, 3.8) is 0 Å². The summed E-state index contributed by atoms with van der Waals surface area (Å²) in [7, 11) is -1.87. The number of benzene rings is 2. The van der Waals surface area contributed by atoms with Crippen LogP contribution >= 0.6 is 0 Å². The minimum Gasteiger partial charge on any atom is -0.491 e. The molecule has 5 N–H and O–H groups in total. The van der Waals surface area contributed by atoms with Crippen LogP contribution in [0.5, 0.6) is 5.75 Å². The van der Waals surface area contributed by atoms with Gasteiger partial charge in [-0.25, -0.2) is 8.42 Å². The third-order valence-corrected chi connectivity index (χ3v) is 5.90. The first-order valence-electron chi connectivity index (χ1n) is 13.0. The lowest BCUT2D eigenvalue weighted by Gasteiger charge is -2.15. The number of sulfonamides is 1. The topological polar surface area (TPSA) is 146 Å². The second-order valence-corrected chi connectivity index (χ2v) is 11.6. The summed E-state index contributed by atoms with van der Waals surface area (Å²) >= 11 is 0. The Bertz CT molecular complexity index is 1060. The minimum atomic E-state index is -3.26. The Balaban J connectivity index is 0.000000395. The molecule has 2 rings (SSSR count). The molecule has 2 atom stereocenters. The van der Waals surface area contributed by atoms with Crippen LogP contribution in [0.4, 0.5) is 5.69 Å². The summed E-state index contributed by atoms with van der Waals surface area (Å²) in [5, 5.41) is 25.9. The quantitative estimate of drug-likeness (QED) is 0.205. The number of hydrogen-bond donors (Lipinski definition) is 5. The number of anilines is 1. The molecule has 0 aromatic heterocycles. The number of esters is 1. The highest BCUT2D eigenvalue weighted by atomic mass is 32.2.